The Labute approximate surface area is 154 Å². The van der Waals surface area contributed by atoms with Crippen LogP contribution in [0.15, 0.2) is 46.6 Å². The Hall–Kier alpha value is -3.24. The van der Waals surface area contributed by atoms with Crippen molar-refractivity contribution >= 4 is 22.4 Å². The molecule has 3 rings (SSSR count). The lowest BCUT2D eigenvalue weighted by atomic mass is 10.1. The summed E-state index contributed by atoms with van der Waals surface area (Å²) in [6.45, 7) is 3.28. The molecule has 0 radical (unpaired) electrons. The molecule has 1 aromatic carbocycles. The van der Waals surface area contributed by atoms with Gasteiger partial charge in [0.25, 0.3) is 5.56 Å². The third kappa shape index (κ3) is 3.55. The smallest absolute Gasteiger partial charge is 0.269 e. The molecule has 2 aromatic heterocycles. The van der Waals surface area contributed by atoms with E-state index in [1.807, 2.05) is 41.8 Å². The maximum absolute atomic E-state index is 12.4. The molecule has 130 valence electrons. The Bertz CT molecular complexity index is 1060. The number of thiazole rings is 1. The van der Waals surface area contributed by atoms with E-state index in [9.17, 15) is 9.59 Å². The molecule has 0 saturated carbocycles. The van der Waals surface area contributed by atoms with E-state index in [1.165, 1.54) is 15.9 Å². The van der Waals surface area contributed by atoms with E-state index in [-0.39, 0.29) is 18.0 Å². The fraction of sp³-hybridized carbons (Fsp3) is 0.158. The summed E-state index contributed by atoms with van der Waals surface area (Å²) in [5, 5.41) is 14.2. The lowest BCUT2D eigenvalue weighted by Gasteiger charge is -2.11. The third-order valence-electron chi connectivity index (χ3n) is 3.94. The van der Waals surface area contributed by atoms with Crippen molar-refractivity contribution in [2.24, 2.45) is 0 Å². The first-order valence-electron chi connectivity index (χ1n) is 7.91. The average molecular weight is 364 g/mol. The van der Waals surface area contributed by atoms with Crippen molar-refractivity contribution in [2.75, 3.05) is 5.32 Å². The van der Waals surface area contributed by atoms with Crippen molar-refractivity contribution in [1.82, 2.24) is 9.55 Å². The SMILES string of the molecule is Cc1cc(C)n(CC(=O)Nc2nc(-c3ccccc3)cs2)c(=O)c1C#N. The highest BCUT2D eigenvalue weighted by atomic mass is 32.1. The molecule has 0 aliphatic rings. The summed E-state index contributed by atoms with van der Waals surface area (Å²) in [4.78, 5) is 29.1. The molecule has 6 nitrogen and oxygen atoms in total. The Morgan fingerprint density at radius 3 is 2.73 bits per heavy atom. The number of aromatic nitrogens is 2. The van der Waals surface area contributed by atoms with E-state index in [2.05, 4.69) is 10.3 Å². The highest BCUT2D eigenvalue weighted by Gasteiger charge is 2.14. The number of carbonyl (C=O) groups is 1. The van der Waals surface area contributed by atoms with Crippen LogP contribution >= 0.6 is 11.3 Å². The van der Waals surface area contributed by atoms with Gasteiger partial charge in [-0.2, -0.15) is 5.26 Å². The van der Waals surface area contributed by atoms with Gasteiger partial charge in [0, 0.05) is 16.6 Å². The quantitative estimate of drug-likeness (QED) is 0.770. The van der Waals surface area contributed by atoms with E-state index >= 15 is 0 Å². The van der Waals surface area contributed by atoms with Gasteiger partial charge in [-0.1, -0.05) is 30.3 Å². The van der Waals surface area contributed by atoms with Crippen LogP contribution in [-0.4, -0.2) is 15.5 Å². The van der Waals surface area contributed by atoms with E-state index in [0.29, 0.717) is 16.4 Å². The summed E-state index contributed by atoms with van der Waals surface area (Å²) in [5.41, 5.74) is 2.59. The summed E-state index contributed by atoms with van der Waals surface area (Å²) in [5.74, 6) is -0.364. The van der Waals surface area contributed by atoms with Crippen molar-refractivity contribution in [1.29, 1.82) is 5.26 Å². The van der Waals surface area contributed by atoms with Crippen molar-refractivity contribution < 1.29 is 4.79 Å². The second-order valence-corrected chi connectivity index (χ2v) is 6.66. The molecule has 7 heteroatoms. The molecular weight excluding hydrogens is 348 g/mol. The van der Waals surface area contributed by atoms with Gasteiger partial charge in [-0.15, -0.1) is 11.3 Å². The van der Waals surface area contributed by atoms with Crippen LogP contribution in [0.3, 0.4) is 0 Å². The zero-order chi connectivity index (χ0) is 18.7. The summed E-state index contributed by atoms with van der Waals surface area (Å²) in [7, 11) is 0. The number of nitrogens with one attached hydrogen (secondary N) is 1. The number of rotatable bonds is 4. The number of carbonyl (C=O) groups excluding carboxylic acids is 1. The number of hydrogen-bond donors (Lipinski definition) is 1. The fourth-order valence-corrected chi connectivity index (χ4v) is 3.37. The zero-order valence-electron chi connectivity index (χ0n) is 14.3. The predicted octanol–water partition coefficient (Wildman–Crippen LogP) is 3.10. The number of hydrogen-bond acceptors (Lipinski definition) is 5. The molecule has 0 aliphatic heterocycles. The van der Waals surface area contributed by atoms with Crippen LogP contribution in [-0.2, 0) is 11.3 Å². The number of nitrogens with zero attached hydrogens (tertiary/aromatic N) is 3. The first kappa shape index (κ1) is 17.6. The lowest BCUT2D eigenvalue weighted by Crippen LogP contribution is -2.31. The lowest BCUT2D eigenvalue weighted by molar-refractivity contribution is -0.116. The topological polar surface area (TPSA) is 87.8 Å². The molecule has 1 N–H and O–H groups in total. The minimum absolute atomic E-state index is 0.0593. The predicted molar refractivity (Wildman–Crippen MR) is 101 cm³/mol. The van der Waals surface area contributed by atoms with Gasteiger partial charge in [0.15, 0.2) is 5.13 Å². The monoisotopic (exact) mass is 364 g/mol. The first-order valence-corrected chi connectivity index (χ1v) is 8.79. The minimum atomic E-state index is -0.454. The van der Waals surface area contributed by atoms with Crippen LogP contribution in [0, 0.1) is 25.2 Å². The van der Waals surface area contributed by atoms with Crippen LogP contribution in [0.4, 0.5) is 5.13 Å². The fourth-order valence-electron chi connectivity index (χ4n) is 2.63. The Balaban J connectivity index is 1.78. The van der Waals surface area contributed by atoms with Gasteiger partial charge >= 0.3 is 0 Å². The van der Waals surface area contributed by atoms with Crippen LogP contribution in [0.5, 0.6) is 0 Å². The molecule has 1 amide bonds. The highest BCUT2D eigenvalue weighted by Crippen LogP contribution is 2.24. The second kappa shape index (κ2) is 7.33. The Morgan fingerprint density at radius 2 is 2.04 bits per heavy atom. The number of aryl methyl sites for hydroxylation is 2. The molecule has 0 saturated heterocycles. The number of amides is 1. The number of anilines is 1. The standard InChI is InChI=1S/C19H16N4O2S/c1-12-8-13(2)23(18(25)15(12)9-20)10-17(24)22-19-21-16(11-26-19)14-6-4-3-5-7-14/h3-8,11H,10H2,1-2H3,(H,21,22,24). The molecule has 3 aromatic rings. The second-order valence-electron chi connectivity index (χ2n) is 5.80. The molecule has 0 aliphatic carbocycles. The number of pyridine rings is 1. The number of nitriles is 1. The third-order valence-corrected chi connectivity index (χ3v) is 4.70. The van der Waals surface area contributed by atoms with Gasteiger partial charge in [0.05, 0.1) is 5.69 Å². The maximum atomic E-state index is 12.4. The van der Waals surface area contributed by atoms with E-state index in [0.717, 1.165) is 11.3 Å². The van der Waals surface area contributed by atoms with Crippen LogP contribution in [0.2, 0.25) is 0 Å². The summed E-state index contributed by atoms with van der Waals surface area (Å²) >= 11 is 1.32. The Kier molecular flexibility index (Phi) is 4.96. The largest absolute Gasteiger partial charge is 0.302 e. The molecule has 0 spiro atoms. The summed E-state index contributed by atoms with van der Waals surface area (Å²) in [6.07, 6.45) is 0. The van der Waals surface area contributed by atoms with Gasteiger partial charge in [-0.25, -0.2) is 4.98 Å². The van der Waals surface area contributed by atoms with Gasteiger partial charge in [0.2, 0.25) is 5.91 Å². The zero-order valence-corrected chi connectivity index (χ0v) is 15.1. The van der Waals surface area contributed by atoms with Gasteiger partial charge < -0.3 is 9.88 Å². The number of benzene rings is 1. The van der Waals surface area contributed by atoms with Crippen LogP contribution in [0.1, 0.15) is 16.8 Å². The molecular formula is C19H16N4O2S. The van der Waals surface area contributed by atoms with Crippen LogP contribution in [0.25, 0.3) is 11.3 Å². The van der Waals surface area contributed by atoms with E-state index < -0.39 is 5.56 Å². The minimum Gasteiger partial charge on any atom is -0.302 e. The average Bonchev–Trinajstić information content (AvgIpc) is 3.08. The molecule has 2 heterocycles. The highest BCUT2D eigenvalue weighted by molar-refractivity contribution is 7.14. The van der Waals surface area contributed by atoms with Gasteiger partial charge in [0.1, 0.15) is 18.2 Å². The maximum Gasteiger partial charge on any atom is 0.269 e. The normalized spacial score (nSPS) is 10.3. The first-order chi connectivity index (χ1) is 12.5. The van der Waals surface area contributed by atoms with Crippen molar-refractivity contribution in [3.05, 3.63) is 69.0 Å². The molecule has 0 fully saturated rings. The summed E-state index contributed by atoms with van der Waals surface area (Å²) in [6, 6.07) is 13.3. The molecule has 0 unspecified atom stereocenters. The summed E-state index contributed by atoms with van der Waals surface area (Å²) < 4.78 is 1.30. The van der Waals surface area contributed by atoms with E-state index in [1.54, 1.807) is 19.9 Å². The van der Waals surface area contributed by atoms with Gasteiger partial charge in [-0.3, -0.25) is 9.59 Å². The Morgan fingerprint density at radius 1 is 1.31 bits per heavy atom. The van der Waals surface area contributed by atoms with Gasteiger partial charge in [-0.05, 0) is 25.5 Å². The van der Waals surface area contributed by atoms with Crippen molar-refractivity contribution in [3.8, 4) is 17.3 Å². The van der Waals surface area contributed by atoms with E-state index in [4.69, 9.17) is 5.26 Å². The molecule has 0 atom stereocenters. The van der Waals surface area contributed by atoms with Crippen LogP contribution < -0.4 is 10.9 Å². The van der Waals surface area contributed by atoms with Crippen molar-refractivity contribution in [3.63, 3.8) is 0 Å². The van der Waals surface area contributed by atoms with Crippen molar-refractivity contribution in [2.45, 2.75) is 20.4 Å². The molecule has 26 heavy (non-hydrogen) atoms. The molecule has 0 bridgehead atoms.